The summed E-state index contributed by atoms with van der Waals surface area (Å²) in [5, 5.41) is 10.4. The van der Waals surface area contributed by atoms with Gasteiger partial charge in [-0.25, -0.2) is 4.98 Å². The van der Waals surface area contributed by atoms with Crippen LogP contribution in [-0.2, 0) is 19.6 Å². The van der Waals surface area contributed by atoms with Gasteiger partial charge in [-0.3, -0.25) is 4.52 Å². The van der Waals surface area contributed by atoms with Crippen LogP contribution in [-0.4, -0.2) is 24.9 Å². The van der Waals surface area contributed by atoms with Crippen LogP contribution in [0.15, 0.2) is 84.9 Å². The summed E-state index contributed by atoms with van der Waals surface area (Å²) in [7, 11) is -4.34. The van der Waals surface area contributed by atoms with Gasteiger partial charge in [0, 0.05) is 26.8 Å². The van der Waals surface area contributed by atoms with Crippen molar-refractivity contribution in [2.75, 3.05) is 0 Å². The Morgan fingerprint density at radius 3 is 2.03 bits per heavy atom. The predicted octanol–water partition coefficient (Wildman–Crippen LogP) is 4.70. The van der Waals surface area contributed by atoms with E-state index < -0.39 is 23.3 Å². The summed E-state index contributed by atoms with van der Waals surface area (Å²) in [6, 6.07) is 25.9. The minimum atomic E-state index is -3.18. The molecule has 8 nitrogen and oxygen atoms in total. The van der Waals surface area contributed by atoms with Gasteiger partial charge in [-0.15, -0.1) is 4.89 Å². The highest BCUT2D eigenvalue weighted by atomic mass is 31.1. The van der Waals surface area contributed by atoms with Crippen molar-refractivity contribution in [1.29, 1.82) is 0 Å². The number of benzene rings is 3. The van der Waals surface area contributed by atoms with Gasteiger partial charge < -0.3 is 15.0 Å². The number of nitrogens with one attached hydrogen (secondary N) is 1. The fourth-order valence-electron chi connectivity index (χ4n) is 3.27. The smallest absolute Gasteiger partial charge is 0.352 e. The third-order valence-electron chi connectivity index (χ3n) is 4.72. The van der Waals surface area contributed by atoms with Crippen LogP contribution in [0.3, 0.4) is 0 Å². The quantitative estimate of drug-likeness (QED) is 0.218. The van der Waals surface area contributed by atoms with E-state index in [-0.39, 0.29) is 5.56 Å². The lowest BCUT2D eigenvalue weighted by molar-refractivity contribution is -0.282. The van der Waals surface area contributed by atoms with E-state index in [9.17, 15) is 9.67 Å². The Labute approximate surface area is 186 Å². The molecule has 0 radical (unpaired) electrons. The van der Waals surface area contributed by atoms with Gasteiger partial charge in [0.15, 0.2) is 9.03 Å². The molecule has 4 aromatic rings. The maximum atomic E-state index is 11.1. The second-order valence-corrected chi connectivity index (χ2v) is 7.77. The number of hydrogen-bond donors (Lipinski definition) is 4. The molecule has 0 aliphatic carbocycles. The molecule has 3 unspecified atom stereocenters. The average Bonchev–Trinajstić information content (AvgIpc) is 3.26. The van der Waals surface area contributed by atoms with E-state index in [1.807, 2.05) is 60.7 Å². The molecular formula is C22H19N2O6P2+. The van der Waals surface area contributed by atoms with Gasteiger partial charge in [0.1, 0.15) is 5.82 Å². The normalized spacial score (nSPS) is 13.9. The fraction of sp³-hybridized carbons (Fsp3) is 0.0455. The van der Waals surface area contributed by atoms with E-state index in [0.717, 1.165) is 22.5 Å². The van der Waals surface area contributed by atoms with Crippen LogP contribution in [0.5, 0.6) is 0 Å². The third kappa shape index (κ3) is 4.83. The van der Waals surface area contributed by atoms with Crippen molar-refractivity contribution >= 4 is 17.3 Å². The van der Waals surface area contributed by atoms with E-state index in [0.29, 0.717) is 11.4 Å². The van der Waals surface area contributed by atoms with Gasteiger partial charge in [-0.05, 0) is 4.52 Å². The highest BCUT2D eigenvalue weighted by molar-refractivity contribution is 7.32. The molecule has 10 heteroatoms. The predicted molar refractivity (Wildman–Crippen MR) is 121 cm³/mol. The van der Waals surface area contributed by atoms with Crippen LogP contribution in [0.1, 0.15) is 5.56 Å². The van der Waals surface area contributed by atoms with Crippen molar-refractivity contribution in [2.24, 2.45) is 0 Å². The molecule has 0 bridgehead atoms. The molecule has 3 atom stereocenters. The molecule has 32 heavy (non-hydrogen) atoms. The van der Waals surface area contributed by atoms with Gasteiger partial charge >= 0.3 is 14.2 Å². The zero-order valence-corrected chi connectivity index (χ0v) is 18.4. The average molecular weight is 469 g/mol. The second-order valence-electron chi connectivity index (χ2n) is 6.72. The van der Waals surface area contributed by atoms with Crippen LogP contribution >= 0.6 is 17.3 Å². The Balaban J connectivity index is 1.74. The Morgan fingerprint density at radius 2 is 1.47 bits per heavy atom. The Morgan fingerprint density at radius 1 is 0.875 bits per heavy atom. The van der Waals surface area contributed by atoms with Crippen molar-refractivity contribution < 1.29 is 28.5 Å². The molecule has 4 N–H and O–H groups in total. The van der Waals surface area contributed by atoms with Crippen molar-refractivity contribution in [3.63, 3.8) is 0 Å². The summed E-state index contributed by atoms with van der Waals surface area (Å²) in [5.41, 5.74) is 4.33. The van der Waals surface area contributed by atoms with Crippen molar-refractivity contribution in [1.82, 2.24) is 9.97 Å². The molecule has 0 saturated heterocycles. The van der Waals surface area contributed by atoms with Crippen LogP contribution in [0.4, 0.5) is 0 Å². The van der Waals surface area contributed by atoms with E-state index in [4.69, 9.17) is 19.3 Å². The minimum Gasteiger partial charge on any atom is -0.352 e. The van der Waals surface area contributed by atoms with Gasteiger partial charge in [0.2, 0.25) is 0 Å². The van der Waals surface area contributed by atoms with Crippen molar-refractivity contribution in [3.8, 4) is 33.9 Å². The first-order chi connectivity index (χ1) is 15.5. The molecule has 1 aromatic heterocycles. The lowest BCUT2D eigenvalue weighted by Gasteiger charge is -2.19. The lowest BCUT2D eigenvalue weighted by Crippen LogP contribution is -2.27. The molecule has 0 amide bonds. The number of hydrogen-bond acceptors (Lipinski definition) is 6. The zero-order chi connectivity index (χ0) is 22.6. The summed E-state index contributed by atoms with van der Waals surface area (Å²) in [5.74, 6) is -1.96. The Bertz CT molecular complexity index is 1150. The number of nitrogens with zero attached hydrogens (tertiary/aromatic N) is 1. The van der Waals surface area contributed by atoms with Crippen LogP contribution in [0, 0.1) is 0 Å². The maximum Gasteiger partial charge on any atom is 0.700 e. The number of H-pyrrole nitrogens is 1. The SMILES string of the molecule is O=[P+](O)OC(O)(OPO)c1ccc(-c2nc(-c3ccccc3)c(-c3ccccc3)[nH]2)cc1. The number of aromatic nitrogens is 2. The summed E-state index contributed by atoms with van der Waals surface area (Å²) >= 11 is 0. The van der Waals surface area contributed by atoms with E-state index >= 15 is 0 Å². The Hall–Kier alpha value is -2.80. The van der Waals surface area contributed by atoms with Crippen molar-refractivity contribution in [2.45, 2.75) is 5.97 Å². The summed E-state index contributed by atoms with van der Waals surface area (Å²) in [6.07, 6.45) is 0. The summed E-state index contributed by atoms with van der Waals surface area (Å²) in [6.45, 7) is 0. The first kappa shape index (κ1) is 22.4. The highest BCUT2D eigenvalue weighted by Crippen LogP contribution is 2.38. The molecule has 0 fully saturated rings. The van der Waals surface area contributed by atoms with Gasteiger partial charge in [-0.2, -0.15) is 0 Å². The van der Waals surface area contributed by atoms with Crippen molar-refractivity contribution in [3.05, 3.63) is 90.5 Å². The monoisotopic (exact) mass is 469 g/mol. The largest absolute Gasteiger partial charge is 0.700 e. The lowest BCUT2D eigenvalue weighted by atomic mass is 10.1. The highest BCUT2D eigenvalue weighted by Gasteiger charge is 2.42. The topological polar surface area (TPSA) is 125 Å². The number of aromatic amines is 1. The summed E-state index contributed by atoms with van der Waals surface area (Å²) in [4.78, 5) is 26.2. The molecular weight excluding hydrogens is 450 g/mol. The van der Waals surface area contributed by atoms with Gasteiger partial charge in [0.05, 0.1) is 11.4 Å². The molecule has 0 saturated carbocycles. The number of imidazole rings is 1. The van der Waals surface area contributed by atoms with Crippen LogP contribution in [0.2, 0.25) is 0 Å². The Kier molecular flexibility index (Phi) is 6.84. The first-order valence-corrected chi connectivity index (χ1v) is 11.5. The van der Waals surface area contributed by atoms with E-state index in [2.05, 4.69) is 9.51 Å². The zero-order valence-electron chi connectivity index (χ0n) is 16.5. The molecule has 3 aromatic carbocycles. The van der Waals surface area contributed by atoms with E-state index in [1.165, 1.54) is 12.1 Å². The molecule has 0 aliphatic heterocycles. The number of rotatable bonds is 8. The molecule has 4 rings (SSSR count). The first-order valence-electron chi connectivity index (χ1n) is 9.46. The molecule has 0 spiro atoms. The third-order valence-corrected chi connectivity index (χ3v) is 5.49. The summed E-state index contributed by atoms with van der Waals surface area (Å²) < 4.78 is 20.4. The fourth-order valence-corrected chi connectivity index (χ4v) is 3.97. The molecule has 162 valence electrons. The molecule has 0 aliphatic rings. The maximum absolute atomic E-state index is 11.1. The minimum absolute atomic E-state index is 0.0401. The van der Waals surface area contributed by atoms with Gasteiger partial charge in [0.25, 0.3) is 0 Å². The number of aliphatic hydroxyl groups is 1. The van der Waals surface area contributed by atoms with Crippen LogP contribution in [0.25, 0.3) is 33.9 Å². The standard InChI is InChI=1S/C22H18N2O6P2/c25-22(29-31-26,30-32(27)28)18-13-11-17(12-14-18)21-23-19(15-7-3-1-4-8-15)20(24-21)16-9-5-2-6-10-16/h1-14,25-26,31H,(H-,23,24,27,28)/p+1. The molecule has 1 heterocycles. The van der Waals surface area contributed by atoms with Gasteiger partial charge in [-0.1, -0.05) is 84.9 Å². The van der Waals surface area contributed by atoms with Crippen LogP contribution < -0.4 is 0 Å². The van der Waals surface area contributed by atoms with E-state index in [1.54, 1.807) is 12.1 Å². The second kappa shape index (κ2) is 9.77.